The van der Waals surface area contributed by atoms with Gasteiger partial charge in [0.05, 0.1) is 39.1 Å². The lowest BCUT2D eigenvalue weighted by Crippen LogP contribution is -2.09. The van der Waals surface area contributed by atoms with Crippen molar-refractivity contribution in [1.29, 1.82) is 0 Å². The molecule has 0 amide bonds. The Labute approximate surface area is 212 Å². The molecule has 6 nitrogen and oxygen atoms in total. The molecule has 2 fully saturated rings. The van der Waals surface area contributed by atoms with Gasteiger partial charge in [-0.05, 0) is 101 Å². The van der Waals surface area contributed by atoms with Gasteiger partial charge in [-0.1, -0.05) is 0 Å². The standard InChI is InChI=1S/C18H14Br2I2O6S/c19-13-1-11(3-15(21)17(13)27-7-9-5-25-9)29(23,24)12-2-14(20)18(16(22)4-12)28-8-10-6-26-10/h1-4,9-10H,5-8H2. The van der Waals surface area contributed by atoms with Crippen LogP contribution in [0.4, 0.5) is 0 Å². The Bertz CT molecular complexity index is 931. The van der Waals surface area contributed by atoms with E-state index in [-0.39, 0.29) is 22.0 Å². The highest BCUT2D eigenvalue weighted by Gasteiger charge is 2.27. The number of sulfone groups is 1. The van der Waals surface area contributed by atoms with Gasteiger partial charge in [-0.3, -0.25) is 0 Å². The molecule has 0 bridgehead atoms. The normalized spacial score (nSPS) is 20.4. The van der Waals surface area contributed by atoms with E-state index in [1.807, 2.05) is 0 Å². The number of epoxide rings is 2. The lowest BCUT2D eigenvalue weighted by molar-refractivity contribution is 0.260. The van der Waals surface area contributed by atoms with Crippen molar-refractivity contribution < 1.29 is 27.4 Å². The molecule has 156 valence electrons. The summed E-state index contributed by atoms with van der Waals surface area (Å²) in [6, 6.07) is 6.35. The second kappa shape index (κ2) is 9.06. The summed E-state index contributed by atoms with van der Waals surface area (Å²) in [6.07, 6.45) is 0.237. The fourth-order valence-corrected chi connectivity index (χ4v) is 8.02. The predicted octanol–water partition coefficient (Wildman–Crippen LogP) is 4.81. The first-order chi connectivity index (χ1) is 13.8. The highest BCUT2D eigenvalue weighted by atomic mass is 127. The van der Waals surface area contributed by atoms with E-state index in [9.17, 15) is 8.42 Å². The fourth-order valence-electron chi connectivity index (χ4n) is 2.48. The van der Waals surface area contributed by atoms with Crippen LogP contribution in [0.25, 0.3) is 0 Å². The minimum absolute atomic E-state index is 0.118. The maximum Gasteiger partial charge on any atom is 0.206 e. The SMILES string of the molecule is O=S(=O)(c1cc(Br)c(OCC2CO2)c(I)c1)c1cc(Br)c(OCC2CO2)c(I)c1. The van der Waals surface area contributed by atoms with Crippen LogP contribution in [0.15, 0.2) is 43.0 Å². The van der Waals surface area contributed by atoms with Crippen LogP contribution in [0.3, 0.4) is 0 Å². The first kappa shape index (κ1) is 22.5. The van der Waals surface area contributed by atoms with Gasteiger partial charge in [0.1, 0.15) is 36.9 Å². The highest BCUT2D eigenvalue weighted by Crippen LogP contribution is 2.39. The summed E-state index contributed by atoms with van der Waals surface area (Å²) in [5, 5.41) is 0. The Balaban J connectivity index is 1.61. The Morgan fingerprint density at radius 3 is 1.55 bits per heavy atom. The molecule has 0 radical (unpaired) electrons. The number of benzene rings is 2. The van der Waals surface area contributed by atoms with E-state index >= 15 is 0 Å². The Morgan fingerprint density at radius 1 is 0.862 bits per heavy atom. The summed E-state index contributed by atoms with van der Waals surface area (Å²) in [4.78, 5) is 0.373. The molecule has 11 heteroatoms. The maximum absolute atomic E-state index is 13.2. The number of hydrogen-bond donors (Lipinski definition) is 0. The average Bonchev–Trinajstić information content (AvgIpc) is 3.54. The van der Waals surface area contributed by atoms with Gasteiger partial charge in [0.2, 0.25) is 9.84 Å². The number of rotatable bonds is 8. The Hall–Kier alpha value is 0.330. The van der Waals surface area contributed by atoms with Gasteiger partial charge >= 0.3 is 0 Å². The molecular formula is C18H14Br2I2O6S. The average molecular weight is 772 g/mol. The van der Waals surface area contributed by atoms with Crippen molar-refractivity contribution in [2.75, 3.05) is 26.4 Å². The van der Waals surface area contributed by atoms with Gasteiger partial charge < -0.3 is 18.9 Å². The van der Waals surface area contributed by atoms with Gasteiger partial charge in [0.15, 0.2) is 0 Å². The smallest absolute Gasteiger partial charge is 0.206 e. The largest absolute Gasteiger partial charge is 0.488 e. The highest BCUT2D eigenvalue weighted by molar-refractivity contribution is 14.1. The van der Waals surface area contributed by atoms with Crippen molar-refractivity contribution in [2.45, 2.75) is 22.0 Å². The molecule has 2 unspecified atom stereocenters. The molecule has 2 saturated heterocycles. The molecule has 29 heavy (non-hydrogen) atoms. The molecule has 4 rings (SSSR count). The molecule has 0 spiro atoms. The van der Waals surface area contributed by atoms with Crippen LogP contribution in [-0.2, 0) is 19.3 Å². The van der Waals surface area contributed by atoms with E-state index in [0.29, 0.717) is 54.0 Å². The monoisotopic (exact) mass is 770 g/mol. The topological polar surface area (TPSA) is 77.7 Å². The van der Waals surface area contributed by atoms with E-state index in [1.54, 1.807) is 24.3 Å². The number of hydrogen-bond acceptors (Lipinski definition) is 6. The third-order valence-electron chi connectivity index (χ3n) is 4.20. The van der Waals surface area contributed by atoms with Crippen molar-refractivity contribution in [3.05, 3.63) is 40.4 Å². The van der Waals surface area contributed by atoms with Crippen molar-refractivity contribution in [3.63, 3.8) is 0 Å². The lowest BCUT2D eigenvalue weighted by Gasteiger charge is -2.14. The van der Waals surface area contributed by atoms with Gasteiger partial charge in [-0.25, -0.2) is 8.42 Å². The van der Waals surface area contributed by atoms with Crippen LogP contribution < -0.4 is 9.47 Å². The van der Waals surface area contributed by atoms with Gasteiger partial charge in [-0.2, -0.15) is 0 Å². The predicted molar refractivity (Wildman–Crippen MR) is 130 cm³/mol. The van der Waals surface area contributed by atoms with Crippen molar-refractivity contribution >= 4 is 86.9 Å². The minimum Gasteiger partial charge on any atom is -0.488 e. The zero-order valence-electron chi connectivity index (χ0n) is 14.7. The second-order valence-corrected chi connectivity index (χ2v) is 12.5. The molecule has 0 saturated carbocycles. The van der Waals surface area contributed by atoms with Crippen molar-refractivity contribution in [3.8, 4) is 11.5 Å². The molecule has 2 atom stereocenters. The first-order valence-corrected chi connectivity index (χ1v) is 13.7. The maximum atomic E-state index is 13.2. The quantitative estimate of drug-likeness (QED) is 0.284. The summed E-state index contributed by atoms with van der Waals surface area (Å²) < 4.78 is 50.9. The molecule has 2 aromatic carbocycles. The van der Waals surface area contributed by atoms with Crippen LogP contribution >= 0.6 is 77.0 Å². The summed E-state index contributed by atoms with van der Waals surface area (Å²) in [5.74, 6) is 1.23. The summed E-state index contributed by atoms with van der Waals surface area (Å²) in [5.41, 5.74) is 0. The van der Waals surface area contributed by atoms with Gasteiger partial charge in [-0.15, -0.1) is 0 Å². The lowest BCUT2D eigenvalue weighted by atomic mass is 10.3. The number of halogens is 4. The third kappa shape index (κ3) is 5.40. The first-order valence-electron chi connectivity index (χ1n) is 8.47. The Kier molecular flexibility index (Phi) is 7.04. The molecule has 0 aliphatic carbocycles. The molecule has 2 heterocycles. The molecule has 0 N–H and O–H groups in total. The van der Waals surface area contributed by atoms with Crippen LogP contribution in [0.5, 0.6) is 11.5 Å². The van der Waals surface area contributed by atoms with Crippen molar-refractivity contribution in [2.24, 2.45) is 0 Å². The van der Waals surface area contributed by atoms with Crippen LogP contribution in [0, 0.1) is 7.14 Å². The van der Waals surface area contributed by atoms with Crippen LogP contribution in [0.2, 0.25) is 0 Å². The van der Waals surface area contributed by atoms with E-state index in [2.05, 4.69) is 77.0 Å². The van der Waals surface area contributed by atoms with E-state index in [1.165, 1.54) is 0 Å². The van der Waals surface area contributed by atoms with Gasteiger partial charge in [0, 0.05) is 0 Å². The van der Waals surface area contributed by atoms with E-state index in [0.717, 1.165) is 0 Å². The van der Waals surface area contributed by atoms with Gasteiger partial charge in [0.25, 0.3) is 0 Å². The summed E-state index contributed by atoms with van der Waals surface area (Å²) in [6.45, 7) is 2.28. The van der Waals surface area contributed by atoms with Crippen LogP contribution in [0.1, 0.15) is 0 Å². The summed E-state index contributed by atoms with van der Waals surface area (Å²) in [7, 11) is -3.73. The van der Waals surface area contributed by atoms with E-state index < -0.39 is 9.84 Å². The molecule has 2 aliphatic rings. The molecule has 0 aromatic heterocycles. The van der Waals surface area contributed by atoms with Crippen molar-refractivity contribution in [1.82, 2.24) is 0 Å². The third-order valence-corrected chi connectivity index (χ3v) is 8.69. The number of ether oxygens (including phenoxy) is 4. The van der Waals surface area contributed by atoms with E-state index in [4.69, 9.17) is 18.9 Å². The molecule has 2 aromatic rings. The van der Waals surface area contributed by atoms with Crippen LogP contribution in [-0.4, -0.2) is 47.1 Å². The zero-order valence-corrected chi connectivity index (χ0v) is 23.0. The molecule has 2 aliphatic heterocycles. The molecular weight excluding hydrogens is 758 g/mol. The second-order valence-electron chi connectivity index (χ2n) is 6.47. The summed E-state index contributed by atoms with van der Waals surface area (Å²) >= 11 is 11.0. The zero-order chi connectivity index (χ0) is 20.8. The minimum atomic E-state index is -3.73. The fraction of sp³-hybridized carbons (Fsp3) is 0.333. The Morgan fingerprint density at radius 2 is 1.24 bits per heavy atom.